The number of hydrogen-bond donors (Lipinski definition) is 2. The summed E-state index contributed by atoms with van der Waals surface area (Å²) < 4.78 is 11.2. The number of aryl methyl sites for hydroxylation is 1. The predicted octanol–water partition coefficient (Wildman–Crippen LogP) is 5.55. The van der Waals surface area contributed by atoms with Gasteiger partial charge in [-0.05, 0) is 68.7 Å². The fraction of sp³-hybridized carbons (Fsp3) is 0.294. The number of nitriles is 1. The van der Waals surface area contributed by atoms with Crippen LogP contribution in [0.5, 0.6) is 11.5 Å². The summed E-state index contributed by atoms with van der Waals surface area (Å²) in [5.74, 6) is 0.537. The van der Waals surface area contributed by atoms with E-state index in [0.717, 1.165) is 5.56 Å². The molecule has 2 aromatic heterocycles. The maximum Gasteiger partial charge on any atom is 0.331 e. The lowest BCUT2D eigenvalue weighted by Gasteiger charge is -2.35. The van der Waals surface area contributed by atoms with Crippen molar-refractivity contribution in [3.8, 4) is 17.6 Å². The maximum atomic E-state index is 13.7. The summed E-state index contributed by atoms with van der Waals surface area (Å²) in [4.78, 5) is 53.5. The van der Waals surface area contributed by atoms with Gasteiger partial charge in [-0.25, -0.2) is 9.78 Å². The number of hydrogen-bond acceptors (Lipinski definition) is 9. The van der Waals surface area contributed by atoms with Crippen LogP contribution in [-0.4, -0.2) is 71.3 Å². The number of likely N-dealkylation sites (tertiary alicyclic amines) is 1. The molecule has 2 N–H and O–H groups in total. The monoisotopic (exact) mass is 649 g/mol. The number of thiophene rings is 1. The highest BCUT2D eigenvalue weighted by Gasteiger charge is 2.37. The molecule has 0 bridgehead atoms. The van der Waals surface area contributed by atoms with Crippen LogP contribution < -0.4 is 20.3 Å². The molecule has 7 rings (SSSR count). The Morgan fingerprint density at radius 1 is 1.17 bits per heavy atom. The molecule has 47 heavy (non-hydrogen) atoms. The summed E-state index contributed by atoms with van der Waals surface area (Å²) >= 11 is 1.20. The minimum atomic E-state index is -0.571. The van der Waals surface area contributed by atoms with Crippen molar-refractivity contribution in [1.29, 1.82) is 5.26 Å². The average Bonchev–Trinajstić information content (AvgIpc) is 3.43. The summed E-state index contributed by atoms with van der Waals surface area (Å²) in [6.45, 7) is 5.18. The van der Waals surface area contributed by atoms with Crippen LogP contribution in [0.15, 0.2) is 65.8 Å². The van der Waals surface area contributed by atoms with Crippen molar-refractivity contribution in [2.75, 3.05) is 36.5 Å². The maximum absolute atomic E-state index is 13.7. The van der Waals surface area contributed by atoms with Gasteiger partial charge in [0.05, 0.1) is 35.7 Å². The molecule has 1 atom stereocenters. The van der Waals surface area contributed by atoms with Gasteiger partial charge in [0.25, 0.3) is 11.8 Å². The summed E-state index contributed by atoms with van der Waals surface area (Å²) in [5.41, 5.74) is 1.80. The second kappa shape index (κ2) is 12.1. The summed E-state index contributed by atoms with van der Waals surface area (Å²) in [6.07, 6.45) is 2.94. The highest BCUT2D eigenvalue weighted by molar-refractivity contribution is 7.21. The van der Waals surface area contributed by atoms with Gasteiger partial charge in [-0.1, -0.05) is 18.2 Å². The molecule has 0 unspecified atom stereocenters. The van der Waals surface area contributed by atoms with Gasteiger partial charge in [-0.2, -0.15) is 5.26 Å². The molecule has 5 heterocycles. The van der Waals surface area contributed by atoms with E-state index >= 15 is 0 Å². The molecule has 238 valence electrons. The molecule has 2 fully saturated rings. The van der Waals surface area contributed by atoms with Gasteiger partial charge in [0.1, 0.15) is 32.8 Å². The van der Waals surface area contributed by atoms with Crippen molar-refractivity contribution in [3.63, 3.8) is 0 Å². The molecule has 13 heteroatoms. The zero-order chi connectivity index (χ0) is 32.7. The number of rotatable bonds is 7. The minimum Gasteiger partial charge on any atom is -0.457 e. The Morgan fingerprint density at radius 2 is 1.98 bits per heavy atom. The van der Waals surface area contributed by atoms with Crippen molar-refractivity contribution in [2.24, 2.45) is 4.99 Å². The molecule has 12 nitrogen and oxygen atoms in total. The van der Waals surface area contributed by atoms with Gasteiger partial charge in [0.15, 0.2) is 0 Å². The SMILES string of the molecule is Cc1cc(Oc2ccccc2)ccc1N1C(=O)Nc2c(C(=O)N[C@@H]3CCCN(C(=O)C(C#N)=NC4(C)COC4)C3)sc3nccc1c23. The quantitative estimate of drug-likeness (QED) is 0.249. The third kappa shape index (κ3) is 5.77. The van der Waals surface area contributed by atoms with Gasteiger partial charge in [0.2, 0.25) is 5.71 Å². The Morgan fingerprint density at radius 3 is 2.70 bits per heavy atom. The second-order valence-corrected chi connectivity index (χ2v) is 13.1. The Balaban J connectivity index is 1.11. The van der Waals surface area contributed by atoms with E-state index < -0.39 is 17.5 Å². The average molecular weight is 650 g/mol. The van der Waals surface area contributed by atoms with E-state index in [9.17, 15) is 19.6 Å². The highest BCUT2D eigenvalue weighted by Crippen LogP contribution is 2.46. The first-order valence-electron chi connectivity index (χ1n) is 15.3. The molecular formula is C34H31N7O5S. The number of nitrogens with one attached hydrogen (secondary N) is 2. The number of ether oxygens (including phenoxy) is 2. The zero-order valence-corrected chi connectivity index (χ0v) is 26.6. The Bertz CT molecular complexity index is 1980. The second-order valence-electron chi connectivity index (χ2n) is 12.1. The molecule has 0 spiro atoms. The lowest BCUT2D eigenvalue weighted by molar-refractivity contribution is -0.125. The lowest BCUT2D eigenvalue weighted by atomic mass is 10.0. The van der Waals surface area contributed by atoms with Crippen LogP contribution >= 0.6 is 11.3 Å². The molecule has 2 aromatic carbocycles. The normalized spacial score (nSPS) is 18.6. The Labute approximate surface area is 274 Å². The fourth-order valence-corrected chi connectivity index (χ4v) is 7.11. The number of benzene rings is 2. The van der Waals surface area contributed by atoms with E-state index in [4.69, 9.17) is 9.47 Å². The van der Waals surface area contributed by atoms with Gasteiger partial charge in [0, 0.05) is 25.3 Å². The highest BCUT2D eigenvalue weighted by atomic mass is 32.1. The standard InChI is InChI=1S/C34H31N7O5S/c1-20-15-23(46-22-8-4-3-5-9-22)10-11-25(20)41-26-12-13-36-31-27(26)28(38-33(41)44)29(47-31)30(42)37-21-7-6-14-40(17-21)32(43)24(16-35)39-34(2)18-45-19-34/h3-5,8-13,15,21H,6-7,14,17-19H2,1-2H3,(H,37,42)(H,38,44)/t21-/m1/s1. The van der Waals surface area contributed by atoms with E-state index in [0.29, 0.717) is 76.3 Å². The number of urea groups is 1. The topological polar surface area (TPSA) is 149 Å². The van der Waals surface area contributed by atoms with Crippen LogP contribution in [-0.2, 0) is 9.53 Å². The Hall–Kier alpha value is -5.32. The Kier molecular flexibility index (Phi) is 7.83. The van der Waals surface area contributed by atoms with Crippen LogP contribution in [0, 0.1) is 18.3 Å². The molecule has 0 saturated carbocycles. The van der Waals surface area contributed by atoms with Crippen LogP contribution in [0.4, 0.5) is 21.9 Å². The molecule has 4 amide bonds. The third-order valence-corrected chi connectivity index (χ3v) is 9.50. The predicted molar refractivity (Wildman–Crippen MR) is 178 cm³/mol. The summed E-state index contributed by atoms with van der Waals surface area (Å²) in [5, 5.41) is 16.3. The smallest absolute Gasteiger partial charge is 0.331 e. The van der Waals surface area contributed by atoms with Gasteiger partial charge in [-0.15, -0.1) is 11.3 Å². The third-order valence-electron chi connectivity index (χ3n) is 8.40. The van der Waals surface area contributed by atoms with Gasteiger partial charge < -0.3 is 25.0 Å². The van der Waals surface area contributed by atoms with Crippen molar-refractivity contribution >= 4 is 62.2 Å². The van der Waals surface area contributed by atoms with Crippen LogP contribution in [0.2, 0.25) is 0 Å². The number of anilines is 3. The number of para-hydroxylation sites is 1. The fourth-order valence-electron chi connectivity index (χ4n) is 6.08. The summed E-state index contributed by atoms with van der Waals surface area (Å²) in [7, 11) is 0. The van der Waals surface area contributed by atoms with Crippen LogP contribution in [0.3, 0.4) is 0 Å². The molecular weight excluding hydrogens is 618 g/mol. The van der Waals surface area contributed by atoms with Crippen molar-refractivity contribution < 1.29 is 23.9 Å². The number of piperidine rings is 1. The van der Waals surface area contributed by atoms with E-state index in [2.05, 4.69) is 20.6 Å². The number of amides is 4. The van der Waals surface area contributed by atoms with Crippen molar-refractivity contribution in [1.82, 2.24) is 15.2 Å². The number of aliphatic imine (C=N–C) groups is 1. The molecule has 3 aliphatic heterocycles. The number of pyridine rings is 1. The number of nitrogens with zero attached hydrogens (tertiary/aromatic N) is 5. The first kappa shape index (κ1) is 30.3. The molecule has 0 radical (unpaired) electrons. The largest absolute Gasteiger partial charge is 0.457 e. The van der Waals surface area contributed by atoms with E-state index in [1.54, 1.807) is 22.1 Å². The zero-order valence-electron chi connectivity index (χ0n) is 25.8. The van der Waals surface area contributed by atoms with Crippen molar-refractivity contribution in [3.05, 3.63) is 71.2 Å². The number of carbonyl (C=O) groups excluding carboxylic acids is 3. The first-order chi connectivity index (χ1) is 22.7. The number of carbonyl (C=O) groups is 3. The molecule has 2 saturated heterocycles. The van der Waals surface area contributed by atoms with Crippen LogP contribution in [0.25, 0.3) is 10.2 Å². The first-order valence-corrected chi connectivity index (χ1v) is 16.1. The molecule has 0 aliphatic carbocycles. The van der Waals surface area contributed by atoms with Crippen LogP contribution in [0.1, 0.15) is 35.0 Å². The van der Waals surface area contributed by atoms with Crippen molar-refractivity contribution in [2.45, 2.75) is 38.3 Å². The number of aromatic nitrogens is 1. The minimum absolute atomic E-state index is 0.156. The summed E-state index contributed by atoms with van der Waals surface area (Å²) in [6, 6.07) is 17.9. The van der Waals surface area contributed by atoms with Gasteiger partial charge >= 0.3 is 6.03 Å². The van der Waals surface area contributed by atoms with E-state index in [-0.39, 0.29) is 24.2 Å². The van der Waals surface area contributed by atoms with Gasteiger partial charge in [-0.3, -0.25) is 19.5 Å². The molecule has 4 aromatic rings. The lowest BCUT2D eigenvalue weighted by Crippen LogP contribution is -2.52. The molecule has 3 aliphatic rings. The van der Waals surface area contributed by atoms with E-state index in [1.165, 1.54) is 11.3 Å². The van der Waals surface area contributed by atoms with E-state index in [1.807, 2.05) is 68.4 Å².